The predicted octanol–water partition coefficient (Wildman–Crippen LogP) is 2.18. The average Bonchev–Trinajstić information content (AvgIpc) is 2.96. The van der Waals surface area contributed by atoms with E-state index in [-0.39, 0.29) is 5.75 Å². The molecule has 1 aliphatic rings. The molecular weight excluding hydrogens is 264 g/mol. The van der Waals surface area contributed by atoms with Gasteiger partial charge in [-0.1, -0.05) is 18.7 Å². The topological polar surface area (TPSA) is 64.4 Å². The van der Waals surface area contributed by atoms with E-state index < -0.39 is 5.97 Å². The van der Waals surface area contributed by atoms with E-state index in [1.165, 1.54) is 11.8 Å². The van der Waals surface area contributed by atoms with Gasteiger partial charge in [0.2, 0.25) is 0 Å². The SMILES string of the molecule is CCC1OCCC1Cn1c(C)cnc1SCC(=O)O. The lowest BCUT2D eigenvalue weighted by Crippen LogP contribution is -2.21. The number of carbonyl (C=O) groups is 1. The van der Waals surface area contributed by atoms with Gasteiger partial charge in [0.1, 0.15) is 0 Å². The van der Waals surface area contributed by atoms with E-state index in [1.54, 1.807) is 6.20 Å². The van der Waals surface area contributed by atoms with Crippen LogP contribution in [0.3, 0.4) is 0 Å². The molecule has 19 heavy (non-hydrogen) atoms. The summed E-state index contributed by atoms with van der Waals surface area (Å²) in [5, 5.41) is 9.55. The third-order valence-electron chi connectivity index (χ3n) is 3.51. The zero-order valence-electron chi connectivity index (χ0n) is 11.3. The Hall–Kier alpha value is -1.01. The van der Waals surface area contributed by atoms with E-state index in [4.69, 9.17) is 9.84 Å². The number of hydrogen-bond donors (Lipinski definition) is 1. The van der Waals surface area contributed by atoms with E-state index in [2.05, 4.69) is 16.5 Å². The van der Waals surface area contributed by atoms with Crippen LogP contribution in [0.15, 0.2) is 11.4 Å². The number of imidazole rings is 1. The van der Waals surface area contributed by atoms with Crippen LogP contribution in [-0.2, 0) is 16.1 Å². The van der Waals surface area contributed by atoms with E-state index in [1.807, 2.05) is 6.92 Å². The fourth-order valence-electron chi connectivity index (χ4n) is 2.49. The van der Waals surface area contributed by atoms with Gasteiger partial charge < -0.3 is 14.4 Å². The highest BCUT2D eigenvalue weighted by Crippen LogP contribution is 2.28. The van der Waals surface area contributed by atoms with Gasteiger partial charge >= 0.3 is 5.97 Å². The zero-order chi connectivity index (χ0) is 13.8. The minimum Gasteiger partial charge on any atom is -0.481 e. The van der Waals surface area contributed by atoms with Crippen molar-refractivity contribution in [1.29, 1.82) is 0 Å². The Kier molecular flexibility index (Phi) is 4.87. The molecule has 0 amide bonds. The second-order valence-electron chi connectivity index (χ2n) is 4.84. The van der Waals surface area contributed by atoms with Gasteiger partial charge in [-0.2, -0.15) is 0 Å². The molecule has 1 aromatic rings. The van der Waals surface area contributed by atoms with Crippen molar-refractivity contribution in [2.45, 2.75) is 44.5 Å². The fourth-order valence-corrected chi connectivity index (χ4v) is 3.24. The largest absolute Gasteiger partial charge is 0.481 e. The number of nitrogens with zero attached hydrogens (tertiary/aromatic N) is 2. The summed E-state index contributed by atoms with van der Waals surface area (Å²) in [7, 11) is 0. The number of aryl methyl sites for hydroxylation is 1. The van der Waals surface area contributed by atoms with Crippen LogP contribution < -0.4 is 0 Å². The molecule has 0 saturated carbocycles. The van der Waals surface area contributed by atoms with Crippen LogP contribution in [0.25, 0.3) is 0 Å². The Balaban J connectivity index is 2.06. The van der Waals surface area contributed by atoms with Crippen molar-refractivity contribution in [2.75, 3.05) is 12.4 Å². The summed E-state index contributed by atoms with van der Waals surface area (Å²) in [6.45, 7) is 5.85. The molecule has 5 nitrogen and oxygen atoms in total. The molecule has 1 N–H and O–H groups in total. The van der Waals surface area contributed by atoms with Gasteiger partial charge in [-0.15, -0.1) is 0 Å². The number of carboxylic acids is 1. The molecule has 2 unspecified atom stereocenters. The molecule has 0 radical (unpaired) electrons. The van der Waals surface area contributed by atoms with Crippen molar-refractivity contribution >= 4 is 17.7 Å². The quantitative estimate of drug-likeness (QED) is 0.811. The predicted molar refractivity (Wildman–Crippen MR) is 73.5 cm³/mol. The molecule has 2 atom stereocenters. The Morgan fingerprint density at radius 1 is 1.68 bits per heavy atom. The van der Waals surface area contributed by atoms with Crippen LogP contribution in [0, 0.1) is 12.8 Å². The van der Waals surface area contributed by atoms with E-state index in [9.17, 15) is 4.79 Å². The maximum atomic E-state index is 10.7. The molecule has 1 aliphatic heterocycles. The Morgan fingerprint density at radius 3 is 3.16 bits per heavy atom. The standard InChI is InChI=1S/C13H20N2O3S/c1-3-11-10(4-5-18-11)7-15-9(2)6-14-13(15)19-8-12(16)17/h6,10-11H,3-5,7-8H2,1-2H3,(H,16,17). The molecule has 1 fully saturated rings. The lowest BCUT2D eigenvalue weighted by Gasteiger charge is -2.19. The van der Waals surface area contributed by atoms with Gasteiger partial charge in [0.05, 0.1) is 11.9 Å². The van der Waals surface area contributed by atoms with Crippen LogP contribution >= 0.6 is 11.8 Å². The number of carboxylic acid groups (broad SMARTS) is 1. The molecule has 106 valence electrons. The van der Waals surface area contributed by atoms with Gasteiger partial charge in [-0.3, -0.25) is 4.79 Å². The molecule has 0 bridgehead atoms. The second kappa shape index (κ2) is 6.43. The van der Waals surface area contributed by atoms with E-state index in [0.29, 0.717) is 12.0 Å². The fraction of sp³-hybridized carbons (Fsp3) is 0.692. The first kappa shape index (κ1) is 14.4. The van der Waals surface area contributed by atoms with E-state index in [0.717, 1.165) is 36.8 Å². The van der Waals surface area contributed by atoms with Crippen LogP contribution in [0.1, 0.15) is 25.5 Å². The summed E-state index contributed by atoms with van der Waals surface area (Å²) >= 11 is 1.28. The number of hydrogen-bond acceptors (Lipinski definition) is 4. The third-order valence-corrected chi connectivity index (χ3v) is 4.48. The highest BCUT2D eigenvalue weighted by atomic mass is 32.2. The number of aromatic nitrogens is 2. The second-order valence-corrected chi connectivity index (χ2v) is 5.78. The van der Waals surface area contributed by atoms with Crippen molar-refractivity contribution in [1.82, 2.24) is 9.55 Å². The van der Waals surface area contributed by atoms with Gasteiger partial charge in [0, 0.05) is 31.0 Å². The molecule has 0 aromatic carbocycles. The van der Waals surface area contributed by atoms with Crippen LogP contribution in [0.2, 0.25) is 0 Å². The summed E-state index contributed by atoms with van der Waals surface area (Å²) < 4.78 is 7.83. The zero-order valence-corrected chi connectivity index (χ0v) is 12.2. The van der Waals surface area contributed by atoms with Gasteiger partial charge in [-0.05, 0) is 19.8 Å². The highest BCUT2D eigenvalue weighted by molar-refractivity contribution is 7.99. The molecule has 0 aliphatic carbocycles. The smallest absolute Gasteiger partial charge is 0.313 e. The summed E-state index contributed by atoms with van der Waals surface area (Å²) in [6.07, 6.45) is 4.22. The third kappa shape index (κ3) is 3.51. The molecular formula is C13H20N2O3S. The first-order valence-electron chi connectivity index (χ1n) is 6.60. The summed E-state index contributed by atoms with van der Waals surface area (Å²) in [5.41, 5.74) is 1.08. The summed E-state index contributed by atoms with van der Waals surface area (Å²) in [5.74, 6) is -0.260. The summed E-state index contributed by atoms with van der Waals surface area (Å²) in [6, 6.07) is 0. The van der Waals surface area contributed by atoms with Crippen LogP contribution in [0.5, 0.6) is 0 Å². The van der Waals surface area contributed by atoms with Crippen molar-refractivity contribution in [3.05, 3.63) is 11.9 Å². The molecule has 1 aromatic heterocycles. The monoisotopic (exact) mass is 284 g/mol. The van der Waals surface area contributed by atoms with E-state index >= 15 is 0 Å². The molecule has 6 heteroatoms. The van der Waals surface area contributed by atoms with Crippen molar-refractivity contribution in [3.8, 4) is 0 Å². The number of ether oxygens (including phenoxy) is 1. The Bertz CT molecular complexity index is 447. The van der Waals surface area contributed by atoms with Crippen LogP contribution in [-0.4, -0.2) is 39.1 Å². The number of thioether (sulfide) groups is 1. The molecule has 2 rings (SSSR count). The van der Waals surface area contributed by atoms with Gasteiger partial charge in [0.25, 0.3) is 0 Å². The average molecular weight is 284 g/mol. The van der Waals surface area contributed by atoms with Crippen LogP contribution in [0.4, 0.5) is 0 Å². The van der Waals surface area contributed by atoms with Gasteiger partial charge in [0.15, 0.2) is 5.16 Å². The first-order valence-corrected chi connectivity index (χ1v) is 7.58. The summed E-state index contributed by atoms with van der Waals surface area (Å²) in [4.78, 5) is 15.0. The maximum absolute atomic E-state index is 10.7. The Labute approximate surface area is 117 Å². The normalized spacial score (nSPS) is 22.8. The van der Waals surface area contributed by atoms with Crippen molar-refractivity contribution in [3.63, 3.8) is 0 Å². The minimum absolute atomic E-state index is 0.0504. The highest BCUT2D eigenvalue weighted by Gasteiger charge is 2.28. The lowest BCUT2D eigenvalue weighted by atomic mass is 9.99. The van der Waals surface area contributed by atoms with Crippen molar-refractivity contribution in [2.24, 2.45) is 5.92 Å². The molecule has 0 spiro atoms. The minimum atomic E-state index is -0.812. The van der Waals surface area contributed by atoms with Gasteiger partial charge in [-0.25, -0.2) is 4.98 Å². The lowest BCUT2D eigenvalue weighted by molar-refractivity contribution is -0.133. The molecule has 2 heterocycles. The number of rotatable bonds is 6. The van der Waals surface area contributed by atoms with Crippen molar-refractivity contribution < 1.29 is 14.6 Å². The Morgan fingerprint density at radius 2 is 2.47 bits per heavy atom. The molecule has 1 saturated heterocycles. The maximum Gasteiger partial charge on any atom is 0.313 e. The first-order chi connectivity index (χ1) is 9.11. The number of aliphatic carboxylic acids is 1.